The zero-order valence-corrected chi connectivity index (χ0v) is 13.8. The van der Waals surface area contributed by atoms with Gasteiger partial charge in [-0.3, -0.25) is 4.79 Å². The Labute approximate surface area is 136 Å². The van der Waals surface area contributed by atoms with E-state index in [0.717, 1.165) is 11.3 Å². The van der Waals surface area contributed by atoms with E-state index in [9.17, 15) is 9.18 Å². The average Bonchev–Trinajstić information content (AvgIpc) is 2.47. The summed E-state index contributed by atoms with van der Waals surface area (Å²) in [6, 6.07) is 14.0. The van der Waals surface area contributed by atoms with Crippen molar-refractivity contribution in [1.82, 2.24) is 0 Å². The third-order valence-electron chi connectivity index (χ3n) is 3.51. The van der Waals surface area contributed by atoms with Crippen molar-refractivity contribution < 1.29 is 9.18 Å². The second-order valence-corrected chi connectivity index (χ2v) is 6.53. The van der Waals surface area contributed by atoms with Gasteiger partial charge in [0.15, 0.2) is 0 Å². The summed E-state index contributed by atoms with van der Waals surface area (Å²) < 4.78 is 13.1. The number of carbonyl (C=O) groups is 1. The Morgan fingerprint density at radius 1 is 1.09 bits per heavy atom. The van der Waals surface area contributed by atoms with Crippen molar-refractivity contribution in [2.75, 3.05) is 17.2 Å². The van der Waals surface area contributed by atoms with Gasteiger partial charge in [0.2, 0.25) is 5.91 Å². The number of halogens is 1. The second-order valence-electron chi connectivity index (χ2n) is 6.53. The summed E-state index contributed by atoms with van der Waals surface area (Å²) in [5.74, 6) is -0.357. The molecule has 122 valence electrons. The molecule has 0 bridgehead atoms. The fourth-order valence-corrected chi connectivity index (χ4v) is 2.38. The van der Waals surface area contributed by atoms with Gasteiger partial charge in [-0.15, -0.1) is 0 Å². The number of para-hydroxylation sites is 1. The monoisotopic (exact) mass is 314 g/mol. The number of amides is 1. The van der Waals surface area contributed by atoms with E-state index in [1.165, 1.54) is 12.1 Å². The van der Waals surface area contributed by atoms with E-state index in [-0.39, 0.29) is 17.1 Å². The summed E-state index contributed by atoms with van der Waals surface area (Å²) in [4.78, 5) is 12.1. The van der Waals surface area contributed by atoms with Gasteiger partial charge in [0.25, 0.3) is 0 Å². The molecule has 23 heavy (non-hydrogen) atoms. The third kappa shape index (κ3) is 5.09. The highest BCUT2D eigenvalue weighted by Gasteiger charge is 2.18. The molecule has 2 N–H and O–H groups in total. The smallest absolute Gasteiger partial charge is 0.226 e. The minimum absolute atomic E-state index is 0.0380. The molecule has 4 heteroatoms. The van der Waals surface area contributed by atoms with Gasteiger partial charge < -0.3 is 10.6 Å². The number of carbonyl (C=O) groups excluding carboxylic acids is 1. The fourth-order valence-electron chi connectivity index (χ4n) is 2.38. The Balaban J connectivity index is 1.91. The van der Waals surface area contributed by atoms with Crippen LogP contribution in [0.15, 0.2) is 48.5 Å². The first-order valence-corrected chi connectivity index (χ1v) is 7.75. The number of benzene rings is 2. The molecule has 0 spiro atoms. The van der Waals surface area contributed by atoms with Gasteiger partial charge in [0.1, 0.15) is 5.82 Å². The molecule has 0 aromatic heterocycles. The number of hydrogen-bond donors (Lipinski definition) is 2. The molecule has 2 aromatic rings. The van der Waals surface area contributed by atoms with Gasteiger partial charge in [-0.25, -0.2) is 4.39 Å². The largest absolute Gasteiger partial charge is 0.384 e. The standard InChI is InChI=1S/C19H23FN2O/c1-19(2,3)16-9-4-5-10-17(16)22-18(23)11-12-21-15-8-6-7-14(20)13-15/h4-10,13,21H,11-12H2,1-3H3,(H,22,23). The van der Waals surface area contributed by atoms with E-state index in [1.54, 1.807) is 12.1 Å². The molecule has 0 saturated heterocycles. The summed E-state index contributed by atoms with van der Waals surface area (Å²) in [5, 5.41) is 6.01. The predicted octanol–water partition coefficient (Wildman–Crippen LogP) is 4.56. The third-order valence-corrected chi connectivity index (χ3v) is 3.51. The number of anilines is 2. The zero-order valence-electron chi connectivity index (χ0n) is 13.8. The highest BCUT2D eigenvalue weighted by atomic mass is 19.1. The molecule has 0 unspecified atom stereocenters. The van der Waals surface area contributed by atoms with Gasteiger partial charge in [0.05, 0.1) is 0 Å². The van der Waals surface area contributed by atoms with Crippen molar-refractivity contribution in [2.45, 2.75) is 32.6 Å². The quantitative estimate of drug-likeness (QED) is 0.849. The van der Waals surface area contributed by atoms with Crippen molar-refractivity contribution in [3.8, 4) is 0 Å². The minimum Gasteiger partial charge on any atom is -0.384 e. The van der Waals surface area contributed by atoms with Crippen LogP contribution in [0.3, 0.4) is 0 Å². The molecule has 0 fully saturated rings. The van der Waals surface area contributed by atoms with Gasteiger partial charge in [-0.05, 0) is 35.2 Å². The van der Waals surface area contributed by atoms with Crippen LogP contribution in [0.25, 0.3) is 0 Å². The minimum atomic E-state index is -0.293. The first-order valence-electron chi connectivity index (χ1n) is 7.75. The molecule has 3 nitrogen and oxygen atoms in total. The lowest BCUT2D eigenvalue weighted by Crippen LogP contribution is -2.20. The number of nitrogens with one attached hydrogen (secondary N) is 2. The normalized spacial score (nSPS) is 11.1. The van der Waals surface area contributed by atoms with Crippen molar-refractivity contribution in [3.63, 3.8) is 0 Å². The maximum absolute atomic E-state index is 13.1. The van der Waals surface area contributed by atoms with Crippen LogP contribution in [0.5, 0.6) is 0 Å². The van der Waals surface area contributed by atoms with Crippen molar-refractivity contribution in [3.05, 3.63) is 59.9 Å². The molecular formula is C19H23FN2O. The van der Waals surface area contributed by atoms with Crippen LogP contribution >= 0.6 is 0 Å². The Kier molecular flexibility index (Phi) is 5.37. The predicted molar refractivity (Wildman–Crippen MR) is 93.3 cm³/mol. The Hall–Kier alpha value is -2.36. The molecule has 2 rings (SSSR count). The molecule has 0 aliphatic rings. The lowest BCUT2D eigenvalue weighted by atomic mass is 9.86. The second kappa shape index (κ2) is 7.27. The van der Waals surface area contributed by atoms with Gasteiger partial charge >= 0.3 is 0 Å². The molecule has 0 atom stereocenters. The van der Waals surface area contributed by atoms with Gasteiger partial charge in [-0.1, -0.05) is 45.0 Å². The average molecular weight is 314 g/mol. The zero-order chi connectivity index (χ0) is 16.9. The van der Waals surface area contributed by atoms with Crippen LogP contribution in [0.4, 0.5) is 15.8 Å². The molecule has 2 aromatic carbocycles. The first kappa shape index (κ1) is 17.0. The Morgan fingerprint density at radius 3 is 2.52 bits per heavy atom. The molecule has 1 amide bonds. The highest BCUT2D eigenvalue weighted by Crippen LogP contribution is 2.29. The van der Waals surface area contributed by atoms with E-state index in [4.69, 9.17) is 0 Å². The van der Waals surface area contributed by atoms with E-state index in [0.29, 0.717) is 18.7 Å². The maximum Gasteiger partial charge on any atom is 0.226 e. The SMILES string of the molecule is CC(C)(C)c1ccccc1NC(=O)CCNc1cccc(F)c1. The highest BCUT2D eigenvalue weighted by molar-refractivity contribution is 5.92. The van der Waals surface area contributed by atoms with E-state index in [1.807, 2.05) is 24.3 Å². The van der Waals surface area contributed by atoms with E-state index < -0.39 is 0 Å². The van der Waals surface area contributed by atoms with E-state index >= 15 is 0 Å². The fraction of sp³-hybridized carbons (Fsp3) is 0.316. The summed E-state index contributed by atoms with van der Waals surface area (Å²) in [6.07, 6.45) is 0.314. The van der Waals surface area contributed by atoms with Crippen LogP contribution in [0, 0.1) is 5.82 Å². The van der Waals surface area contributed by atoms with Crippen molar-refractivity contribution in [1.29, 1.82) is 0 Å². The van der Waals surface area contributed by atoms with Crippen molar-refractivity contribution in [2.24, 2.45) is 0 Å². The lowest BCUT2D eigenvalue weighted by Gasteiger charge is -2.23. The number of hydrogen-bond acceptors (Lipinski definition) is 2. The summed E-state index contributed by atoms with van der Waals surface area (Å²) in [6.45, 7) is 6.80. The molecule has 0 aliphatic carbocycles. The topological polar surface area (TPSA) is 41.1 Å². The summed E-state index contributed by atoms with van der Waals surface area (Å²) in [5.41, 5.74) is 2.58. The van der Waals surface area contributed by atoms with Gasteiger partial charge in [0, 0.05) is 24.3 Å². The molecule has 0 heterocycles. The molecule has 0 saturated carbocycles. The Bertz CT molecular complexity index is 677. The van der Waals surface area contributed by atoms with E-state index in [2.05, 4.69) is 31.4 Å². The first-order chi connectivity index (χ1) is 10.9. The molecule has 0 radical (unpaired) electrons. The number of rotatable bonds is 5. The molecular weight excluding hydrogens is 291 g/mol. The van der Waals surface area contributed by atoms with Gasteiger partial charge in [-0.2, -0.15) is 0 Å². The maximum atomic E-state index is 13.1. The van der Waals surface area contributed by atoms with Crippen LogP contribution in [0.1, 0.15) is 32.8 Å². The summed E-state index contributed by atoms with van der Waals surface area (Å²) in [7, 11) is 0. The molecule has 0 aliphatic heterocycles. The Morgan fingerprint density at radius 2 is 1.83 bits per heavy atom. The van der Waals surface area contributed by atoms with Crippen LogP contribution in [-0.2, 0) is 10.2 Å². The van der Waals surface area contributed by atoms with Crippen LogP contribution in [-0.4, -0.2) is 12.5 Å². The van der Waals surface area contributed by atoms with Crippen LogP contribution in [0.2, 0.25) is 0 Å². The van der Waals surface area contributed by atoms with Crippen molar-refractivity contribution >= 4 is 17.3 Å². The van der Waals surface area contributed by atoms with Crippen LogP contribution < -0.4 is 10.6 Å². The summed E-state index contributed by atoms with van der Waals surface area (Å²) >= 11 is 0. The lowest BCUT2D eigenvalue weighted by molar-refractivity contribution is -0.115.